The van der Waals surface area contributed by atoms with Crippen LogP contribution in [0.15, 0.2) is 54.5 Å². The lowest BCUT2D eigenvalue weighted by Gasteiger charge is -2.47. The molecule has 0 bridgehead atoms. The van der Waals surface area contributed by atoms with Crippen LogP contribution in [0.4, 0.5) is 9.18 Å². The lowest BCUT2D eigenvalue weighted by Crippen LogP contribution is -2.61. The number of hydrazine groups is 3. The van der Waals surface area contributed by atoms with E-state index in [-0.39, 0.29) is 18.6 Å². The van der Waals surface area contributed by atoms with Gasteiger partial charge < -0.3 is 43.9 Å². The first-order valence-electron chi connectivity index (χ1n) is 24.0. The van der Waals surface area contributed by atoms with Crippen LogP contribution in [0.5, 0.6) is 0 Å². The zero-order chi connectivity index (χ0) is 50.7. The summed E-state index contributed by atoms with van der Waals surface area (Å²) in [5.74, 6) is 0.713. The highest BCUT2D eigenvalue weighted by Gasteiger charge is 2.60. The molecule has 1 aromatic carbocycles. The molecule has 15 atom stereocenters. The van der Waals surface area contributed by atoms with Gasteiger partial charge in [0.1, 0.15) is 48.8 Å². The van der Waals surface area contributed by atoms with E-state index in [9.17, 15) is 28.7 Å². The Hall–Kier alpha value is -4.60. The third-order valence-corrected chi connectivity index (χ3v) is 15.0. The second kappa shape index (κ2) is 22.2. The highest BCUT2D eigenvalue weighted by Crippen LogP contribution is 2.42. The first kappa shape index (κ1) is 53.7. The van der Waals surface area contributed by atoms with Crippen molar-refractivity contribution in [1.29, 1.82) is 0 Å². The number of halogens is 1. The summed E-state index contributed by atoms with van der Waals surface area (Å²) in [5.41, 5.74) is 7.88. The normalized spacial score (nSPS) is 34.7. The van der Waals surface area contributed by atoms with E-state index in [1.54, 1.807) is 53.7 Å². The number of Topliss-reactive ketones (excluding diaryl/α,β-unsaturated/α-hetero) is 2. The number of likely N-dealkylation sites (N-methyl/N-ethyl adjacent to an activating group) is 1. The number of esters is 1. The van der Waals surface area contributed by atoms with E-state index in [1.165, 1.54) is 14.0 Å². The fourth-order valence-electron chi connectivity index (χ4n) is 10.8. The summed E-state index contributed by atoms with van der Waals surface area (Å²) in [6.07, 6.45) is -1.66. The standard InChI is InChI=1S/C50H74FN7O11/c1-13-39-50(9)44(58(52)48(63)69-50)30(5)40(59)27(2)23-49(8,65-12)45(31(6)41(60)32(7)46(62)67-39)68-47-42(61)37(22-29(4)66-47)56(10)21-20-36-26-57(55-54-36)38(24-51)43(64-11)34-18-16-33(17-19-34)35-15-14-28(3)53-25-35/h14-19,25-27,29-32,37-39,42-45,47,54-55,61H,13,20-24,52H2,1-12H3/t27-,29-,30+,31+,32?,37+,38-,39-,42-,43-,44-,45-,47+,49-,50-/m1/s1. The van der Waals surface area contributed by atoms with Gasteiger partial charge in [0.25, 0.3) is 0 Å². The minimum absolute atomic E-state index is 0.0509. The molecular formula is C50H74FN7O11. The zero-order valence-corrected chi connectivity index (χ0v) is 42.1. The molecule has 3 saturated heterocycles. The first-order valence-corrected chi connectivity index (χ1v) is 24.0. The highest BCUT2D eigenvalue weighted by molar-refractivity contribution is 6.00. The second-order valence-electron chi connectivity index (χ2n) is 19.8. The molecule has 1 unspecified atom stereocenters. The number of nitrogens with one attached hydrogen (secondary N) is 2. The van der Waals surface area contributed by atoms with Gasteiger partial charge >= 0.3 is 12.1 Å². The van der Waals surface area contributed by atoms with Gasteiger partial charge in [-0.15, -0.1) is 5.53 Å². The van der Waals surface area contributed by atoms with E-state index in [1.807, 2.05) is 74.6 Å². The fraction of sp³-hybridized carbons (Fsp3) is 0.660. The number of ether oxygens (including phenoxy) is 6. The molecule has 5 N–H and O–H groups in total. The maximum Gasteiger partial charge on any atom is 0.425 e. The Morgan fingerprint density at radius 2 is 1.70 bits per heavy atom. The third kappa shape index (κ3) is 11.2. The maximum absolute atomic E-state index is 14.9. The number of nitrogens with zero attached hydrogens (tertiary/aromatic N) is 4. The number of ketones is 2. The van der Waals surface area contributed by atoms with E-state index in [4.69, 9.17) is 34.3 Å². The van der Waals surface area contributed by atoms with Crippen LogP contribution in [-0.4, -0.2) is 143 Å². The molecule has 2 aromatic rings. The number of cyclic esters (lactones) is 1. The number of benzene rings is 1. The van der Waals surface area contributed by atoms with Gasteiger partial charge in [0.05, 0.1) is 17.8 Å². The molecule has 5 heterocycles. The molecule has 0 radical (unpaired) electrons. The van der Waals surface area contributed by atoms with Crippen molar-refractivity contribution in [3.8, 4) is 11.1 Å². The summed E-state index contributed by atoms with van der Waals surface area (Å²) in [4.78, 5) is 62.0. The third-order valence-electron chi connectivity index (χ3n) is 15.0. The van der Waals surface area contributed by atoms with E-state index in [0.29, 0.717) is 19.4 Å². The molecule has 69 heavy (non-hydrogen) atoms. The van der Waals surface area contributed by atoms with Gasteiger partial charge in [-0.3, -0.25) is 24.4 Å². The van der Waals surface area contributed by atoms with Gasteiger partial charge in [0.15, 0.2) is 17.7 Å². The Bertz CT molecular complexity index is 2150. The average molecular weight is 968 g/mol. The van der Waals surface area contributed by atoms with Gasteiger partial charge in [-0.2, -0.15) is 0 Å². The quantitative estimate of drug-likeness (QED) is 0.0840. The highest BCUT2D eigenvalue weighted by atomic mass is 19.1. The van der Waals surface area contributed by atoms with Crippen molar-refractivity contribution in [1.82, 2.24) is 30.9 Å². The van der Waals surface area contributed by atoms with Gasteiger partial charge in [-0.1, -0.05) is 58.0 Å². The average Bonchev–Trinajstić information content (AvgIpc) is 3.90. The first-order chi connectivity index (χ1) is 32.6. The summed E-state index contributed by atoms with van der Waals surface area (Å²) in [5, 5.41) is 14.6. The molecule has 0 aliphatic carbocycles. The molecule has 3 fully saturated rings. The number of aryl methyl sites for hydroxylation is 1. The van der Waals surface area contributed by atoms with Crippen molar-refractivity contribution in [2.45, 2.75) is 154 Å². The van der Waals surface area contributed by atoms with E-state index in [2.05, 4.69) is 15.9 Å². The van der Waals surface area contributed by atoms with E-state index >= 15 is 0 Å². The number of rotatable bonds is 14. The predicted octanol–water partition coefficient (Wildman–Crippen LogP) is 5.09. The summed E-state index contributed by atoms with van der Waals surface area (Å²) < 4.78 is 51.7. The lowest BCUT2D eigenvalue weighted by atomic mass is 9.73. The van der Waals surface area contributed by atoms with Crippen LogP contribution < -0.4 is 16.8 Å². The molecule has 19 heteroatoms. The number of aliphatic hydroxyl groups is 1. The van der Waals surface area contributed by atoms with Crippen LogP contribution in [0.25, 0.3) is 11.1 Å². The van der Waals surface area contributed by atoms with E-state index in [0.717, 1.165) is 33.1 Å². The van der Waals surface area contributed by atoms with Crippen LogP contribution in [0.2, 0.25) is 0 Å². The largest absolute Gasteiger partial charge is 0.458 e. The number of carbonyl (C=O) groups is 4. The minimum atomic E-state index is -1.50. The molecule has 4 aliphatic heterocycles. The molecular weight excluding hydrogens is 894 g/mol. The van der Waals surface area contributed by atoms with E-state index < -0.39 is 114 Å². The Balaban J connectivity index is 1.17. The van der Waals surface area contributed by atoms with Crippen molar-refractivity contribution in [3.63, 3.8) is 0 Å². The number of aromatic nitrogens is 1. The van der Waals surface area contributed by atoms with Crippen molar-refractivity contribution in [2.75, 3.05) is 34.5 Å². The summed E-state index contributed by atoms with van der Waals surface area (Å²) >= 11 is 0. The topological polar surface area (TPSA) is 217 Å². The SMILES string of the molecule is CC[C@H]1OC(=O)C(C)C(=O)[C@H](C)[C@@H](O[C@@H]2O[C@H](C)C[C@H](N(C)CCC3=CN([C@H](CF)[C@H](OC)c4ccc(-c5ccc(C)nc5)cc4)NN3)[C@H]2O)[C@](C)(OC)C[C@@H](C)C(=O)[C@H](C)[C@H]2N(N)C(=O)O[C@]12C. The number of amides is 1. The number of nitrogens with two attached hydrogens (primary N) is 1. The van der Waals surface area contributed by atoms with Crippen molar-refractivity contribution < 1.29 is 57.1 Å². The smallest absolute Gasteiger partial charge is 0.425 e. The number of aliphatic hydroxyl groups excluding tert-OH is 1. The van der Waals surface area contributed by atoms with Gasteiger partial charge in [-0.05, 0) is 78.1 Å². The van der Waals surface area contributed by atoms with Crippen molar-refractivity contribution in [2.24, 2.45) is 29.5 Å². The summed E-state index contributed by atoms with van der Waals surface area (Å²) in [6, 6.07) is 9.61. The summed E-state index contributed by atoms with van der Waals surface area (Å²) in [6.45, 7) is 15.1. The number of pyridine rings is 1. The Morgan fingerprint density at radius 1 is 1.01 bits per heavy atom. The second-order valence-corrected chi connectivity index (χ2v) is 19.8. The Labute approximate surface area is 405 Å². The lowest BCUT2D eigenvalue weighted by molar-refractivity contribution is -0.296. The number of alkyl halides is 1. The van der Waals surface area contributed by atoms with Gasteiger partial charge in [0, 0.05) is 80.3 Å². The molecule has 0 spiro atoms. The molecule has 382 valence electrons. The minimum Gasteiger partial charge on any atom is -0.458 e. The van der Waals surface area contributed by atoms with Crippen molar-refractivity contribution >= 4 is 23.6 Å². The summed E-state index contributed by atoms with van der Waals surface area (Å²) in [7, 11) is 4.90. The zero-order valence-electron chi connectivity index (χ0n) is 42.1. The number of hydrogen-bond acceptors (Lipinski definition) is 17. The van der Waals surface area contributed by atoms with Gasteiger partial charge in [-0.25, -0.2) is 20.0 Å². The molecule has 1 amide bonds. The predicted molar refractivity (Wildman–Crippen MR) is 253 cm³/mol. The monoisotopic (exact) mass is 968 g/mol. The number of fused-ring (bicyclic) bond motifs is 1. The van der Waals surface area contributed by atoms with Crippen LogP contribution in [0.3, 0.4) is 0 Å². The molecule has 4 aliphatic rings. The molecule has 18 nitrogen and oxygen atoms in total. The van der Waals surface area contributed by atoms with Crippen LogP contribution >= 0.6 is 0 Å². The Morgan fingerprint density at radius 3 is 2.30 bits per heavy atom. The maximum atomic E-state index is 14.9. The van der Waals surface area contributed by atoms with Crippen LogP contribution in [0, 0.1) is 30.6 Å². The van der Waals surface area contributed by atoms with Gasteiger partial charge in [0.2, 0.25) is 0 Å². The van der Waals surface area contributed by atoms with Crippen LogP contribution in [-0.2, 0) is 42.8 Å². The Kier molecular flexibility index (Phi) is 17.3. The fourth-order valence-corrected chi connectivity index (χ4v) is 10.8. The molecule has 1 aromatic heterocycles. The molecule has 6 rings (SSSR count). The van der Waals surface area contributed by atoms with Crippen LogP contribution in [0.1, 0.15) is 98.4 Å². The van der Waals surface area contributed by atoms with Crippen molar-refractivity contribution in [3.05, 3.63) is 65.7 Å². The number of methoxy groups -OCH3 is 2. The number of carbonyl (C=O) groups excluding carboxylic acids is 4. The number of hydrogen-bond donors (Lipinski definition) is 4. The molecule has 0 saturated carbocycles.